The van der Waals surface area contributed by atoms with Gasteiger partial charge in [-0.05, 0) is 50.4 Å². The molecule has 258 valence electrons. The number of hydrogen-bond donors (Lipinski definition) is 5. The first-order chi connectivity index (χ1) is 21.8. The summed E-state index contributed by atoms with van der Waals surface area (Å²) < 4.78 is 63.5. The predicted octanol–water partition coefficient (Wildman–Crippen LogP) is 4.28. The van der Waals surface area contributed by atoms with E-state index in [4.69, 9.17) is 31.3 Å². The molecule has 0 saturated heterocycles. The smallest absolute Gasteiger partial charge is 0.475 e. The van der Waals surface area contributed by atoms with Gasteiger partial charge in [0.05, 0.1) is 23.4 Å². The van der Waals surface area contributed by atoms with Crippen LogP contribution in [-0.4, -0.2) is 81.9 Å². The lowest BCUT2D eigenvalue weighted by molar-refractivity contribution is -0.193. The Bertz CT molecular complexity index is 1440. The Morgan fingerprint density at radius 2 is 1.47 bits per heavy atom. The van der Waals surface area contributed by atoms with Gasteiger partial charge in [0, 0.05) is 24.9 Å². The standard InChI is InChI=1S/C26H33N5O2.2C2HF3O2/c1-19-8-10-20(11-9-19)12-15-31(26(33)23(28)6-4-14-27)16-13-25(32)30-22-17-21-5-2-3-7-24(21)29-18-22;2*3-2(4,5)1(6)7/h2-3,5,7-11,17-18,23H,4,6,12-16,27-28H2,1H3,(H,30,32);2*(H,6,7)/t23-;;/m1../s1. The SMILES string of the molecule is Cc1ccc(CCN(CCC(=O)Nc2cnc3ccccc3c2)C(=O)[C@H](N)CCCN)cc1.O=C(O)C(F)(F)F.O=C(O)C(F)(F)F. The van der Waals surface area contributed by atoms with Crippen LogP contribution in [-0.2, 0) is 25.6 Å². The number of pyridine rings is 1. The van der Waals surface area contributed by atoms with E-state index < -0.39 is 30.3 Å². The Morgan fingerprint density at radius 1 is 0.915 bits per heavy atom. The molecule has 0 saturated carbocycles. The molecule has 0 unspecified atom stereocenters. The molecule has 0 bridgehead atoms. The zero-order chi connectivity index (χ0) is 35.8. The number of nitrogens with zero attached hydrogens (tertiary/aromatic N) is 2. The Balaban J connectivity index is 0.000000658. The van der Waals surface area contributed by atoms with Crippen LogP contribution in [0, 0.1) is 6.92 Å². The van der Waals surface area contributed by atoms with E-state index in [1.54, 1.807) is 11.1 Å². The van der Waals surface area contributed by atoms with Crippen molar-refractivity contribution in [3.63, 3.8) is 0 Å². The zero-order valence-corrected chi connectivity index (χ0v) is 25.1. The third kappa shape index (κ3) is 15.9. The Morgan fingerprint density at radius 3 is 2.00 bits per heavy atom. The number of anilines is 1. The number of amides is 2. The van der Waals surface area contributed by atoms with Crippen LogP contribution in [0.5, 0.6) is 0 Å². The normalized spacial score (nSPS) is 11.7. The molecule has 17 heteroatoms. The number of aromatic nitrogens is 1. The Kier molecular flexibility index (Phi) is 16.3. The van der Waals surface area contributed by atoms with Gasteiger partial charge in [0.2, 0.25) is 11.8 Å². The molecule has 1 heterocycles. The fourth-order valence-electron chi connectivity index (χ4n) is 3.65. The summed E-state index contributed by atoms with van der Waals surface area (Å²) in [4.78, 5) is 49.4. The predicted molar refractivity (Wildman–Crippen MR) is 160 cm³/mol. The molecule has 0 aliphatic heterocycles. The summed E-state index contributed by atoms with van der Waals surface area (Å²) in [6.45, 7) is 3.34. The number of carboxylic acids is 2. The van der Waals surface area contributed by atoms with Gasteiger partial charge in [-0.15, -0.1) is 0 Å². The minimum absolute atomic E-state index is 0.143. The maximum atomic E-state index is 13.0. The van der Waals surface area contributed by atoms with Gasteiger partial charge in [0.1, 0.15) is 0 Å². The van der Waals surface area contributed by atoms with Crippen LogP contribution in [0.4, 0.5) is 32.0 Å². The molecular weight excluding hydrogens is 640 g/mol. The van der Waals surface area contributed by atoms with Crippen LogP contribution < -0.4 is 16.8 Å². The van der Waals surface area contributed by atoms with E-state index in [1.165, 1.54) is 5.56 Å². The van der Waals surface area contributed by atoms with Gasteiger partial charge >= 0.3 is 24.3 Å². The van der Waals surface area contributed by atoms with Crippen LogP contribution in [0.15, 0.2) is 60.8 Å². The highest BCUT2D eigenvalue weighted by atomic mass is 19.4. The number of rotatable bonds is 11. The molecular formula is C30H35F6N5O6. The van der Waals surface area contributed by atoms with E-state index >= 15 is 0 Å². The quantitative estimate of drug-likeness (QED) is 0.185. The molecule has 2 amide bonds. The fourth-order valence-corrected chi connectivity index (χ4v) is 3.65. The highest BCUT2D eigenvalue weighted by Crippen LogP contribution is 2.17. The summed E-state index contributed by atoms with van der Waals surface area (Å²) in [5, 5.41) is 18.1. The molecule has 0 aliphatic carbocycles. The molecule has 3 rings (SSSR count). The summed E-state index contributed by atoms with van der Waals surface area (Å²) in [6, 6.07) is 17.2. The number of nitrogens with one attached hydrogen (secondary N) is 1. The van der Waals surface area contributed by atoms with Crippen molar-refractivity contribution in [3.8, 4) is 0 Å². The second kappa shape index (κ2) is 19.0. The number of carboxylic acid groups (broad SMARTS) is 2. The Hall–Kier alpha value is -4.77. The highest BCUT2D eigenvalue weighted by Gasteiger charge is 2.38. The number of aryl methyl sites for hydroxylation is 1. The monoisotopic (exact) mass is 675 g/mol. The second-order valence-electron chi connectivity index (χ2n) is 9.92. The molecule has 0 fully saturated rings. The summed E-state index contributed by atoms with van der Waals surface area (Å²) in [5.41, 5.74) is 15.5. The van der Waals surface area contributed by atoms with Crippen molar-refractivity contribution in [2.24, 2.45) is 11.5 Å². The number of benzene rings is 2. The summed E-state index contributed by atoms with van der Waals surface area (Å²) >= 11 is 0. The maximum absolute atomic E-state index is 13.0. The number of fused-ring (bicyclic) bond motifs is 1. The Labute approximate surface area is 265 Å². The summed E-state index contributed by atoms with van der Waals surface area (Å²) in [6.07, 6.45) is -6.43. The van der Waals surface area contributed by atoms with Crippen LogP contribution in [0.3, 0.4) is 0 Å². The van der Waals surface area contributed by atoms with E-state index in [1.807, 2.05) is 37.3 Å². The van der Waals surface area contributed by atoms with Crippen LogP contribution in [0.1, 0.15) is 30.4 Å². The first-order valence-corrected chi connectivity index (χ1v) is 13.9. The number of para-hydroxylation sites is 1. The van der Waals surface area contributed by atoms with Crippen molar-refractivity contribution in [1.29, 1.82) is 0 Å². The van der Waals surface area contributed by atoms with Crippen molar-refractivity contribution in [3.05, 3.63) is 71.9 Å². The first-order valence-electron chi connectivity index (χ1n) is 13.9. The number of hydrogen-bond acceptors (Lipinski definition) is 7. The minimum Gasteiger partial charge on any atom is -0.475 e. The van der Waals surface area contributed by atoms with Crippen molar-refractivity contribution in [2.45, 2.75) is 51.0 Å². The number of alkyl halides is 6. The van der Waals surface area contributed by atoms with Gasteiger partial charge in [-0.1, -0.05) is 48.0 Å². The number of carbonyl (C=O) groups excluding carboxylic acids is 2. The lowest BCUT2D eigenvalue weighted by atomic mass is 10.1. The summed E-state index contributed by atoms with van der Waals surface area (Å²) in [5.74, 6) is -5.83. The van der Waals surface area contributed by atoms with Crippen LogP contribution >= 0.6 is 0 Å². The third-order valence-electron chi connectivity index (χ3n) is 6.11. The molecule has 7 N–H and O–H groups in total. The van der Waals surface area contributed by atoms with Gasteiger partial charge < -0.3 is 31.9 Å². The van der Waals surface area contributed by atoms with E-state index in [0.29, 0.717) is 44.6 Å². The summed E-state index contributed by atoms with van der Waals surface area (Å²) in [7, 11) is 0. The molecule has 11 nitrogen and oxygen atoms in total. The van der Waals surface area contributed by atoms with Crippen molar-refractivity contribution in [1.82, 2.24) is 9.88 Å². The van der Waals surface area contributed by atoms with Crippen molar-refractivity contribution in [2.75, 3.05) is 25.0 Å². The molecule has 3 aromatic rings. The lowest BCUT2D eigenvalue weighted by Crippen LogP contribution is -2.45. The van der Waals surface area contributed by atoms with Gasteiger partial charge in [-0.2, -0.15) is 26.3 Å². The number of halogens is 6. The molecule has 0 spiro atoms. The minimum atomic E-state index is -5.08. The van der Waals surface area contributed by atoms with E-state index in [9.17, 15) is 35.9 Å². The lowest BCUT2D eigenvalue weighted by Gasteiger charge is -2.26. The topological polar surface area (TPSA) is 189 Å². The van der Waals surface area contributed by atoms with E-state index in [0.717, 1.165) is 16.5 Å². The zero-order valence-electron chi connectivity index (χ0n) is 25.1. The van der Waals surface area contributed by atoms with E-state index in [-0.39, 0.29) is 18.2 Å². The molecule has 1 aromatic heterocycles. The van der Waals surface area contributed by atoms with Crippen molar-refractivity contribution < 1.29 is 55.7 Å². The number of nitrogens with two attached hydrogens (primary N) is 2. The van der Waals surface area contributed by atoms with Crippen LogP contribution in [0.2, 0.25) is 0 Å². The largest absolute Gasteiger partial charge is 0.490 e. The van der Waals surface area contributed by atoms with Gasteiger partial charge in [0.25, 0.3) is 0 Å². The van der Waals surface area contributed by atoms with Crippen molar-refractivity contribution >= 4 is 40.3 Å². The van der Waals surface area contributed by atoms with Gasteiger partial charge in [-0.3, -0.25) is 14.6 Å². The maximum Gasteiger partial charge on any atom is 0.490 e. The average Bonchev–Trinajstić information content (AvgIpc) is 3.00. The third-order valence-corrected chi connectivity index (χ3v) is 6.11. The highest BCUT2D eigenvalue weighted by molar-refractivity contribution is 5.93. The average molecular weight is 676 g/mol. The molecule has 2 aromatic carbocycles. The molecule has 47 heavy (non-hydrogen) atoms. The number of carbonyl (C=O) groups is 4. The second-order valence-corrected chi connectivity index (χ2v) is 9.92. The van der Waals surface area contributed by atoms with Crippen LogP contribution in [0.25, 0.3) is 10.9 Å². The fraction of sp³-hybridized carbons (Fsp3) is 0.367. The molecule has 0 radical (unpaired) electrons. The number of aliphatic carboxylic acids is 2. The first kappa shape index (κ1) is 40.3. The molecule has 1 atom stereocenters. The van der Waals surface area contributed by atoms with E-state index in [2.05, 4.69) is 34.6 Å². The van der Waals surface area contributed by atoms with Gasteiger partial charge in [-0.25, -0.2) is 9.59 Å². The van der Waals surface area contributed by atoms with Gasteiger partial charge in [0.15, 0.2) is 0 Å². The molecule has 0 aliphatic rings.